The number of nitrogens with zero attached hydrogens (tertiary/aromatic N) is 2. The number of hydrogen-bond acceptors (Lipinski definition) is 5. The summed E-state index contributed by atoms with van der Waals surface area (Å²) in [6, 6.07) is 14.4. The molecule has 1 fully saturated rings. The zero-order chi connectivity index (χ0) is 26.7. The molecule has 196 valence electrons. The molecule has 0 radical (unpaired) electrons. The molecule has 0 unspecified atom stereocenters. The van der Waals surface area contributed by atoms with Crippen LogP contribution in [-0.4, -0.2) is 31.1 Å². The first-order valence-electron chi connectivity index (χ1n) is 11.7. The van der Waals surface area contributed by atoms with E-state index >= 15 is 0 Å². The predicted molar refractivity (Wildman–Crippen MR) is 134 cm³/mol. The van der Waals surface area contributed by atoms with E-state index in [9.17, 15) is 22.8 Å². The fraction of sp³-hybridized carbons (Fsp3) is 0.333. The SMILES string of the molecule is COC(=O)c1ccc(CCn2c(CN(C)c3cccc(OC(F)(F)F)c3)c(C3CC3)cc(Cl)c2=O)cc1. The number of methoxy groups -OCH3 is 1. The lowest BCUT2D eigenvalue weighted by Gasteiger charge is -2.25. The van der Waals surface area contributed by atoms with Crippen LogP contribution < -0.4 is 15.2 Å². The molecule has 0 bridgehead atoms. The van der Waals surface area contributed by atoms with Crippen molar-refractivity contribution in [2.24, 2.45) is 0 Å². The number of alkyl halides is 3. The molecule has 0 N–H and O–H groups in total. The van der Waals surface area contributed by atoms with Crippen LogP contribution >= 0.6 is 11.6 Å². The van der Waals surface area contributed by atoms with Gasteiger partial charge in [-0.05, 0) is 66.6 Å². The molecule has 0 saturated heterocycles. The Morgan fingerprint density at radius 1 is 1.14 bits per heavy atom. The molecule has 0 spiro atoms. The fourth-order valence-corrected chi connectivity index (χ4v) is 4.47. The van der Waals surface area contributed by atoms with Crippen LogP contribution in [0.25, 0.3) is 0 Å². The lowest BCUT2D eigenvalue weighted by atomic mass is 10.1. The van der Waals surface area contributed by atoms with Gasteiger partial charge in [0.25, 0.3) is 5.56 Å². The number of pyridine rings is 1. The number of anilines is 1. The minimum absolute atomic E-state index is 0.134. The quantitative estimate of drug-likeness (QED) is 0.318. The average molecular weight is 535 g/mol. The summed E-state index contributed by atoms with van der Waals surface area (Å²) in [5, 5.41) is 0.134. The van der Waals surface area contributed by atoms with E-state index in [0.717, 1.165) is 29.7 Å². The summed E-state index contributed by atoms with van der Waals surface area (Å²) >= 11 is 6.33. The van der Waals surface area contributed by atoms with Crippen molar-refractivity contribution in [1.82, 2.24) is 4.57 Å². The molecule has 3 aromatic rings. The van der Waals surface area contributed by atoms with Crippen molar-refractivity contribution in [3.8, 4) is 5.75 Å². The molecule has 4 rings (SSSR count). The van der Waals surface area contributed by atoms with Crippen molar-refractivity contribution < 1.29 is 27.4 Å². The first kappa shape index (κ1) is 26.6. The van der Waals surface area contributed by atoms with Gasteiger partial charge in [0.1, 0.15) is 10.8 Å². The number of aromatic nitrogens is 1. The Kier molecular flexibility index (Phi) is 7.82. The van der Waals surface area contributed by atoms with Gasteiger partial charge in [0.05, 0.1) is 19.2 Å². The maximum Gasteiger partial charge on any atom is 0.573 e. The highest BCUT2D eigenvalue weighted by Gasteiger charge is 2.32. The molecule has 10 heteroatoms. The number of rotatable bonds is 9. The van der Waals surface area contributed by atoms with E-state index in [0.29, 0.717) is 24.2 Å². The largest absolute Gasteiger partial charge is 0.573 e. The van der Waals surface area contributed by atoms with Crippen molar-refractivity contribution in [1.29, 1.82) is 0 Å². The van der Waals surface area contributed by atoms with Crippen LogP contribution in [0.1, 0.15) is 45.9 Å². The van der Waals surface area contributed by atoms with Gasteiger partial charge in [0.2, 0.25) is 0 Å². The Morgan fingerprint density at radius 3 is 2.46 bits per heavy atom. The number of ether oxygens (including phenoxy) is 2. The van der Waals surface area contributed by atoms with E-state index in [1.165, 1.54) is 25.3 Å². The van der Waals surface area contributed by atoms with E-state index in [1.54, 1.807) is 40.8 Å². The Hall–Kier alpha value is -3.46. The number of halogens is 4. The highest BCUT2D eigenvalue weighted by Crippen LogP contribution is 2.42. The molecule has 0 atom stereocenters. The van der Waals surface area contributed by atoms with Gasteiger partial charge >= 0.3 is 12.3 Å². The van der Waals surface area contributed by atoms with Gasteiger partial charge in [-0.15, -0.1) is 13.2 Å². The summed E-state index contributed by atoms with van der Waals surface area (Å²) in [6.07, 6.45) is -2.32. The number of hydrogen-bond donors (Lipinski definition) is 0. The average Bonchev–Trinajstić information content (AvgIpc) is 3.70. The number of aryl methyl sites for hydroxylation is 1. The summed E-state index contributed by atoms with van der Waals surface area (Å²) in [5.41, 5.74) is 3.28. The van der Waals surface area contributed by atoms with Gasteiger partial charge in [-0.2, -0.15) is 0 Å². The Balaban J connectivity index is 1.62. The topological polar surface area (TPSA) is 60.8 Å². The summed E-state index contributed by atoms with van der Waals surface area (Å²) in [4.78, 5) is 26.6. The standard InChI is InChI=1S/C27H26ClF3N2O4/c1-32(20-4-3-5-21(14-20)37-27(29,30)31)16-24-22(18-10-11-18)15-23(28)25(34)33(24)13-12-17-6-8-19(9-7-17)26(35)36-2/h3-9,14-15,18H,10-13,16H2,1-2H3. The maximum atomic E-state index is 13.1. The molecule has 2 aromatic carbocycles. The molecule has 1 aromatic heterocycles. The van der Waals surface area contributed by atoms with E-state index in [4.69, 9.17) is 16.3 Å². The Labute approximate surface area is 217 Å². The van der Waals surface area contributed by atoms with E-state index < -0.39 is 12.3 Å². The van der Waals surface area contributed by atoms with Gasteiger partial charge in [0.15, 0.2) is 0 Å². The Bertz CT molecular complexity index is 1330. The lowest BCUT2D eigenvalue weighted by molar-refractivity contribution is -0.274. The lowest BCUT2D eigenvalue weighted by Crippen LogP contribution is -2.30. The smallest absolute Gasteiger partial charge is 0.465 e. The number of carbonyl (C=O) groups is 1. The van der Waals surface area contributed by atoms with Crippen molar-refractivity contribution in [2.75, 3.05) is 19.1 Å². The molecule has 1 aliphatic rings. The monoisotopic (exact) mass is 534 g/mol. The van der Waals surface area contributed by atoms with E-state index in [-0.39, 0.29) is 28.8 Å². The van der Waals surface area contributed by atoms with Crippen LogP contribution in [0.15, 0.2) is 59.4 Å². The van der Waals surface area contributed by atoms with Crippen molar-refractivity contribution in [3.63, 3.8) is 0 Å². The first-order valence-corrected chi connectivity index (χ1v) is 12.1. The predicted octanol–water partition coefficient (Wildman–Crippen LogP) is 5.94. The zero-order valence-electron chi connectivity index (χ0n) is 20.3. The molecule has 0 amide bonds. The number of carbonyl (C=O) groups excluding carboxylic acids is 1. The molecular formula is C27H26ClF3N2O4. The van der Waals surface area contributed by atoms with Crippen LogP contribution in [0.3, 0.4) is 0 Å². The Morgan fingerprint density at radius 2 is 1.84 bits per heavy atom. The minimum atomic E-state index is -4.79. The van der Waals surface area contributed by atoms with Crippen molar-refractivity contribution in [2.45, 2.75) is 44.6 Å². The van der Waals surface area contributed by atoms with Crippen LogP contribution in [0.2, 0.25) is 5.02 Å². The van der Waals surface area contributed by atoms with Gasteiger partial charge in [-0.1, -0.05) is 29.8 Å². The third kappa shape index (κ3) is 6.65. The van der Waals surface area contributed by atoms with E-state index in [1.807, 2.05) is 12.1 Å². The van der Waals surface area contributed by atoms with Gasteiger partial charge < -0.3 is 18.9 Å². The van der Waals surface area contributed by atoms with Gasteiger partial charge in [-0.3, -0.25) is 4.79 Å². The first-order chi connectivity index (χ1) is 17.6. The fourth-order valence-electron chi connectivity index (χ4n) is 4.25. The van der Waals surface area contributed by atoms with Crippen molar-refractivity contribution >= 4 is 23.3 Å². The second kappa shape index (κ2) is 10.9. The third-order valence-electron chi connectivity index (χ3n) is 6.29. The van der Waals surface area contributed by atoms with Crippen molar-refractivity contribution in [3.05, 3.63) is 92.4 Å². The minimum Gasteiger partial charge on any atom is -0.465 e. The molecule has 1 aliphatic carbocycles. The second-order valence-electron chi connectivity index (χ2n) is 8.97. The van der Waals surface area contributed by atoms with Gasteiger partial charge in [-0.25, -0.2) is 4.79 Å². The highest BCUT2D eigenvalue weighted by molar-refractivity contribution is 6.30. The van der Waals surface area contributed by atoms with Gasteiger partial charge in [0, 0.05) is 31.0 Å². The summed E-state index contributed by atoms with van der Waals surface area (Å²) in [6.45, 7) is 0.631. The van der Waals surface area contributed by atoms with Crippen LogP contribution in [0.5, 0.6) is 5.75 Å². The maximum absolute atomic E-state index is 13.1. The van der Waals surface area contributed by atoms with Crippen LogP contribution in [0.4, 0.5) is 18.9 Å². The summed E-state index contributed by atoms with van der Waals surface area (Å²) in [5.74, 6) is -0.461. The molecule has 0 aliphatic heterocycles. The molecular weight excluding hydrogens is 509 g/mol. The van der Waals surface area contributed by atoms with Crippen LogP contribution in [0, 0.1) is 0 Å². The third-order valence-corrected chi connectivity index (χ3v) is 6.56. The second-order valence-corrected chi connectivity index (χ2v) is 9.37. The number of benzene rings is 2. The number of esters is 1. The molecule has 37 heavy (non-hydrogen) atoms. The summed E-state index contributed by atoms with van der Waals surface area (Å²) in [7, 11) is 3.07. The van der Waals surface area contributed by atoms with E-state index in [2.05, 4.69) is 4.74 Å². The molecule has 1 saturated carbocycles. The van der Waals surface area contributed by atoms with Crippen LogP contribution in [-0.2, 0) is 24.2 Å². The molecule has 6 nitrogen and oxygen atoms in total. The summed E-state index contributed by atoms with van der Waals surface area (Å²) < 4.78 is 48.5. The zero-order valence-corrected chi connectivity index (χ0v) is 21.1. The normalized spacial score (nSPS) is 13.4. The highest BCUT2D eigenvalue weighted by atomic mass is 35.5. The molecule has 1 heterocycles.